The van der Waals surface area contributed by atoms with Crippen molar-refractivity contribution in [1.29, 1.82) is 0 Å². The van der Waals surface area contributed by atoms with Crippen LogP contribution in [0.1, 0.15) is 35.9 Å². The quantitative estimate of drug-likeness (QED) is 0.808. The number of aryl methyl sites for hydroxylation is 2. The summed E-state index contributed by atoms with van der Waals surface area (Å²) in [5.41, 5.74) is 1.52. The van der Waals surface area contributed by atoms with E-state index in [4.69, 9.17) is 0 Å². The van der Waals surface area contributed by atoms with E-state index in [-0.39, 0.29) is 11.4 Å². The highest BCUT2D eigenvalue weighted by molar-refractivity contribution is 5.92. The molecule has 1 aliphatic heterocycles. The Balaban J connectivity index is 1.93. The van der Waals surface area contributed by atoms with E-state index < -0.39 is 0 Å². The predicted molar refractivity (Wildman–Crippen MR) is 65.9 cm³/mol. The number of nitrogens with zero attached hydrogens (tertiary/aromatic N) is 2. The van der Waals surface area contributed by atoms with Crippen molar-refractivity contribution in [2.45, 2.75) is 32.2 Å². The summed E-state index contributed by atoms with van der Waals surface area (Å²) in [7, 11) is 1.84. The maximum atomic E-state index is 11.9. The lowest BCUT2D eigenvalue weighted by molar-refractivity contribution is 0.0937. The third-order valence-electron chi connectivity index (χ3n) is 3.44. The first kappa shape index (κ1) is 12.1. The van der Waals surface area contributed by atoms with Gasteiger partial charge in [0.1, 0.15) is 5.69 Å². The topological polar surface area (TPSA) is 59.0 Å². The summed E-state index contributed by atoms with van der Waals surface area (Å²) in [4.78, 5) is 11.9. The van der Waals surface area contributed by atoms with Crippen molar-refractivity contribution < 1.29 is 4.79 Å². The number of nitrogens with one attached hydrogen (secondary N) is 2. The summed E-state index contributed by atoms with van der Waals surface area (Å²) in [5, 5.41) is 10.5. The Kier molecular flexibility index (Phi) is 3.19. The van der Waals surface area contributed by atoms with Gasteiger partial charge in [-0.1, -0.05) is 0 Å². The van der Waals surface area contributed by atoms with Gasteiger partial charge in [-0.05, 0) is 39.3 Å². The summed E-state index contributed by atoms with van der Waals surface area (Å²) in [6, 6.07) is 1.81. The monoisotopic (exact) mass is 236 g/mol. The predicted octanol–water partition coefficient (Wildman–Crippen LogP) is 0.600. The lowest BCUT2D eigenvalue weighted by Gasteiger charge is -2.24. The van der Waals surface area contributed by atoms with Crippen LogP contribution in [0.3, 0.4) is 0 Å². The molecule has 0 aliphatic carbocycles. The summed E-state index contributed by atoms with van der Waals surface area (Å²) in [5.74, 6) is -0.0939. The minimum atomic E-state index is -0.0939. The normalized spacial score (nSPS) is 23.9. The number of carbonyl (C=O) groups excluding carboxylic acids is 1. The summed E-state index contributed by atoms with van der Waals surface area (Å²) in [6.07, 6.45) is 2.28. The molecule has 1 aromatic rings. The Hall–Kier alpha value is -1.36. The van der Waals surface area contributed by atoms with Crippen LogP contribution < -0.4 is 10.6 Å². The molecule has 17 heavy (non-hydrogen) atoms. The molecule has 0 spiro atoms. The molecule has 0 saturated carbocycles. The molecule has 1 unspecified atom stereocenters. The van der Waals surface area contributed by atoms with Gasteiger partial charge < -0.3 is 10.6 Å². The number of carbonyl (C=O) groups is 1. The fraction of sp³-hybridized carbons (Fsp3) is 0.667. The number of aromatic nitrogens is 2. The molecule has 1 aliphatic rings. The zero-order valence-corrected chi connectivity index (χ0v) is 10.7. The van der Waals surface area contributed by atoms with Gasteiger partial charge in [0.15, 0.2) is 0 Å². The van der Waals surface area contributed by atoms with Crippen molar-refractivity contribution in [2.75, 3.05) is 13.1 Å². The van der Waals surface area contributed by atoms with E-state index in [1.807, 2.05) is 14.0 Å². The van der Waals surface area contributed by atoms with E-state index in [9.17, 15) is 4.79 Å². The third kappa shape index (κ3) is 2.66. The molecule has 2 rings (SSSR count). The second-order valence-corrected chi connectivity index (χ2v) is 5.07. The molecule has 0 aromatic carbocycles. The molecule has 5 heteroatoms. The van der Waals surface area contributed by atoms with Crippen LogP contribution in [-0.2, 0) is 7.05 Å². The van der Waals surface area contributed by atoms with Gasteiger partial charge in [-0.2, -0.15) is 5.10 Å². The molecule has 1 saturated heterocycles. The van der Waals surface area contributed by atoms with Gasteiger partial charge in [0.05, 0.1) is 0 Å². The maximum absolute atomic E-state index is 11.9. The fourth-order valence-corrected chi connectivity index (χ4v) is 2.15. The molecule has 0 bridgehead atoms. The van der Waals surface area contributed by atoms with Gasteiger partial charge in [0.25, 0.3) is 5.91 Å². The number of hydrogen-bond acceptors (Lipinski definition) is 3. The molecule has 1 amide bonds. The maximum Gasteiger partial charge on any atom is 0.271 e. The van der Waals surface area contributed by atoms with Gasteiger partial charge >= 0.3 is 0 Å². The molecular weight excluding hydrogens is 216 g/mol. The van der Waals surface area contributed by atoms with E-state index in [1.54, 1.807) is 10.7 Å². The first-order chi connectivity index (χ1) is 8.00. The van der Waals surface area contributed by atoms with E-state index in [0.29, 0.717) is 12.2 Å². The molecule has 1 aromatic heterocycles. The smallest absolute Gasteiger partial charge is 0.271 e. The molecule has 2 heterocycles. The number of hydrogen-bond donors (Lipinski definition) is 2. The van der Waals surface area contributed by atoms with Crippen LogP contribution in [0.4, 0.5) is 0 Å². The third-order valence-corrected chi connectivity index (χ3v) is 3.44. The minimum Gasteiger partial charge on any atom is -0.349 e. The second-order valence-electron chi connectivity index (χ2n) is 5.07. The van der Waals surface area contributed by atoms with Crippen LogP contribution in [0.25, 0.3) is 0 Å². The minimum absolute atomic E-state index is 0.0412. The largest absolute Gasteiger partial charge is 0.349 e. The molecule has 0 radical (unpaired) electrons. The van der Waals surface area contributed by atoms with E-state index in [1.165, 1.54) is 6.42 Å². The lowest BCUT2D eigenvalue weighted by atomic mass is 10.0. The van der Waals surface area contributed by atoms with Gasteiger partial charge in [0.2, 0.25) is 0 Å². The zero-order chi connectivity index (χ0) is 12.5. The highest BCUT2D eigenvalue weighted by Gasteiger charge is 2.28. The Bertz CT molecular complexity index is 399. The standard InChI is InChI=1S/C12H20N4O/c1-9-7-10(15-16(9)3)11(17)13-8-12(2)5-4-6-14-12/h7,14H,4-6,8H2,1-3H3,(H,13,17). The van der Waals surface area contributed by atoms with Crippen LogP contribution >= 0.6 is 0 Å². The average Bonchev–Trinajstić information content (AvgIpc) is 2.85. The van der Waals surface area contributed by atoms with Gasteiger partial charge in [-0.3, -0.25) is 9.48 Å². The van der Waals surface area contributed by atoms with Crippen LogP contribution in [0, 0.1) is 6.92 Å². The zero-order valence-electron chi connectivity index (χ0n) is 10.7. The highest BCUT2D eigenvalue weighted by Crippen LogP contribution is 2.17. The van der Waals surface area contributed by atoms with Crippen molar-refractivity contribution in [3.8, 4) is 0 Å². The number of rotatable bonds is 3. The number of amides is 1. The van der Waals surface area contributed by atoms with Gasteiger partial charge in [-0.25, -0.2) is 0 Å². The molecule has 2 N–H and O–H groups in total. The Morgan fingerprint density at radius 3 is 3.00 bits per heavy atom. The lowest BCUT2D eigenvalue weighted by Crippen LogP contribution is -2.47. The van der Waals surface area contributed by atoms with E-state index in [2.05, 4.69) is 22.7 Å². The Morgan fingerprint density at radius 2 is 2.47 bits per heavy atom. The molecular formula is C12H20N4O. The van der Waals surface area contributed by atoms with Crippen molar-refractivity contribution in [2.24, 2.45) is 7.05 Å². The van der Waals surface area contributed by atoms with Gasteiger partial charge in [-0.15, -0.1) is 0 Å². The first-order valence-corrected chi connectivity index (χ1v) is 6.04. The second kappa shape index (κ2) is 4.49. The van der Waals surface area contributed by atoms with Crippen LogP contribution in [0.15, 0.2) is 6.07 Å². The molecule has 94 valence electrons. The summed E-state index contributed by atoms with van der Waals surface area (Å²) in [6.45, 7) is 5.77. The SMILES string of the molecule is Cc1cc(C(=O)NCC2(C)CCCN2)nn1C. The summed E-state index contributed by atoms with van der Waals surface area (Å²) < 4.78 is 1.71. The van der Waals surface area contributed by atoms with Crippen molar-refractivity contribution >= 4 is 5.91 Å². The van der Waals surface area contributed by atoms with Crippen LogP contribution in [0.2, 0.25) is 0 Å². The van der Waals surface area contributed by atoms with Gasteiger partial charge in [0, 0.05) is 24.8 Å². The Labute approximate surface area is 102 Å². The summed E-state index contributed by atoms with van der Waals surface area (Å²) >= 11 is 0. The van der Waals surface area contributed by atoms with E-state index in [0.717, 1.165) is 18.7 Å². The molecule has 5 nitrogen and oxygen atoms in total. The fourth-order valence-electron chi connectivity index (χ4n) is 2.15. The molecule has 1 atom stereocenters. The molecule has 1 fully saturated rings. The van der Waals surface area contributed by atoms with E-state index >= 15 is 0 Å². The van der Waals surface area contributed by atoms with Crippen molar-refractivity contribution in [3.05, 3.63) is 17.5 Å². The van der Waals surface area contributed by atoms with Crippen molar-refractivity contribution in [3.63, 3.8) is 0 Å². The van der Waals surface area contributed by atoms with Crippen LogP contribution in [-0.4, -0.2) is 34.3 Å². The van der Waals surface area contributed by atoms with Crippen molar-refractivity contribution in [1.82, 2.24) is 20.4 Å². The average molecular weight is 236 g/mol. The van der Waals surface area contributed by atoms with Crippen LogP contribution in [0.5, 0.6) is 0 Å². The Morgan fingerprint density at radius 1 is 1.71 bits per heavy atom. The highest BCUT2D eigenvalue weighted by atomic mass is 16.1. The first-order valence-electron chi connectivity index (χ1n) is 6.04.